The fourth-order valence-electron chi connectivity index (χ4n) is 5.03. The molecule has 2 heterocycles. The molecule has 1 N–H and O–H groups in total. The quantitative estimate of drug-likeness (QED) is 0.469. The lowest BCUT2D eigenvalue weighted by molar-refractivity contribution is -0.140. The summed E-state index contributed by atoms with van der Waals surface area (Å²) in [5.74, 6) is 0.449. The summed E-state index contributed by atoms with van der Waals surface area (Å²) in [6.07, 6.45) is 13.0. The van der Waals surface area contributed by atoms with Crippen molar-refractivity contribution in [3.63, 3.8) is 0 Å². The SMILES string of the molecule is O=C(O)CN1C(=O)/C(=C/c2ccc(N3CCC(CC4CCCCC4)CC3)cc2)SC1=S. The summed E-state index contributed by atoms with van der Waals surface area (Å²) in [7, 11) is 0. The van der Waals surface area contributed by atoms with E-state index in [0.29, 0.717) is 9.23 Å². The van der Waals surface area contributed by atoms with E-state index in [9.17, 15) is 9.59 Å². The normalized spacial score (nSPS) is 22.5. The first-order chi connectivity index (χ1) is 15.0. The van der Waals surface area contributed by atoms with E-state index in [1.54, 1.807) is 6.08 Å². The van der Waals surface area contributed by atoms with E-state index in [-0.39, 0.29) is 5.91 Å². The average molecular weight is 459 g/mol. The van der Waals surface area contributed by atoms with Gasteiger partial charge in [0, 0.05) is 18.8 Å². The molecule has 4 rings (SSSR count). The Morgan fingerprint density at radius 3 is 2.35 bits per heavy atom. The van der Waals surface area contributed by atoms with Gasteiger partial charge in [0.15, 0.2) is 0 Å². The molecule has 1 amide bonds. The highest BCUT2D eigenvalue weighted by atomic mass is 32.2. The van der Waals surface area contributed by atoms with Gasteiger partial charge in [-0.25, -0.2) is 0 Å². The highest BCUT2D eigenvalue weighted by molar-refractivity contribution is 8.26. The number of carbonyl (C=O) groups is 2. The number of nitrogens with zero attached hydrogens (tertiary/aromatic N) is 2. The Morgan fingerprint density at radius 1 is 1.06 bits per heavy atom. The van der Waals surface area contributed by atoms with Crippen molar-refractivity contribution in [2.75, 3.05) is 24.5 Å². The van der Waals surface area contributed by atoms with Gasteiger partial charge in [-0.3, -0.25) is 14.5 Å². The summed E-state index contributed by atoms with van der Waals surface area (Å²) in [6.45, 7) is 1.84. The van der Waals surface area contributed by atoms with Gasteiger partial charge in [-0.2, -0.15) is 0 Å². The van der Waals surface area contributed by atoms with Gasteiger partial charge < -0.3 is 10.0 Å². The molecular formula is C24H30N2O3S2. The number of carboxylic acid groups (broad SMARTS) is 1. The molecule has 7 heteroatoms. The number of carboxylic acids is 1. The van der Waals surface area contributed by atoms with Crippen LogP contribution in [0.15, 0.2) is 29.2 Å². The minimum atomic E-state index is -1.07. The van der Waals surface area contributed by atoms with Crippen LogP contribution in [0.4, 0.5) is 5.69 Å². The predicted molar refractivity (Wildman–Crippen MR) is 130 cm³/mol. The van der Waals surface area contributed by atoms with Crippen LogP contribution in [0.1, 0.15) is 56.9 Å². The van der Waals surface area contributed by atoms with Crippen LogP contribution in [0.5, 0.6) is 0 Å². The van der Waals surface area contributed by atoms with Crippen LogP contribution in [0.2, 0.25) is 0 Å². The standard InChI is InChI=1S/C24H30N2O3S2/c27-22(28)16-26-23(29)21(31-24(26)30)15-18-6-8-20(9-7-18)25-12-10-19(11-13-25)14-17-4-2-1-3-5-17/h6-9,15,17,19H,1-5,10-14,16H2,(H,27,28)/b21-15-. The minimum Gasteiger partial charge on any atom is -0.480 e. The number of hydrogen-bond donors (Lipinski definition) is 1. The third-order valence-electron chi connectivity index (χ3n) is 6.73. The first-order valence-electron chi connectivity index (χ1n) is 11.3. The second-order valence-corrected chi connectivity index (χ2v) is 10.6. The number of aliphatic carboxylic acids is 1. The van der Waals surface area contributed by atoms with Gasteiger partial charge in [0.2, 0.25) is 0 Å². The van der Waals surface area contributed by atoms with E-state index in [2.05, 4.69) is 17.0 Å². The van der Waals surface area contributed by atoms with Crippen molar-refractivity contribution in [3.8, 4) is 0 Å². The van der Waals surface area contributed by atoms with Crippen molar-refractivity contribution >= 4 is 51.9 Å². The lowest BCUT2D eigenvalue weighted by Crippen LogP contribution is -2.34. The van der Waals surface area contributed by atoms with E-state index < -0.39 is 12.5 Å². The summed E-state index contributed by atoms with van der Waals surface area (Å²) in [5, 5.41) is 8.95. The number of carbonyl (C=O) groups excluding carboxylic acids is 1. The van der Waals surface area contributed by atoms with E-state index in [0.717, 1.165) is 47.2 Å². The largest absolute Gasteiger partial charge is 0.480 e. The Hall–Kier alpha value is -1.86. The Balaban J connectivity index is 1.32. The Labute approximate surface area is 193 Å². The molecule has 1 saturated carbocycles. The van der Waals surface area contributed by atoms with Crippen LogP contribution in [0.3, 0.4) is 0 Å². The molecule has 31 heavy (non-hydrogen) atoms. The number of hydrogen-bond acceptors (Lipinski definition) is 5. The Bertz CT molecular complexity index is 854. The van der Waals surface area contributed by atoms with Crippen molar-refractivity contribution in [3.05, 3.63) is 34.7 Å². The number of amides is 1. The summed E-state index contributed by atoms with van der Waals surface area (Å²) in [4.78, 5) is 27.4. The molecular weight excluding hydrogens is 428 g/mol. The van der Waals surface area contributed by atoms with Crippen molar-refractivity contribution in [1.29, 1.82) is 0 Å². The van der Waals surface area contributed by atoms with Crippen LogP contribution < -0.4 is 4.90 Å². The summed E-state index contributed by atoms with van der Waals surface area (Å²) < 4.78 is 0.298. The Morgan fingerprint density at radius 2 is 1.71 bits per heavy atom. The van der Waals surface area contributed by atoms with E-state index >= 15 is 0 Å². The highest BCUT2D eigenvalue weighted by Gasteiger charge is 2.33. The van der Waals surface area contributed by atoms with Gasteiger partial charge in [-0.05, 0) is 54.9 Å². The first-order valence-corrected chi connectivity index (χ1v) is 12.5. The molecule has 0 bridgehead atoms. The van der Waals surface area contributed by atoms with Crippen molar-refractivity contribution in [1.82, 2.24) is 4.90 Å². The van der Waals surface area contributed by atoms with Crippen LogP contribution in [0.25, 0.3) is 6.08 Å². The highest BCUT2D eigenvalue weighted by Crippen LogP contribution is 2.35. The molecule has 0 unspecified atom stereocenters. The zero-order valence-electron chi connectivity index (χ0n) is 17.8. The number of thioether (sulfide) groups is 1. The number of benzene rings is 1. The van der Waals surface area contributed by atoms with Gasteiger partial charge in [-0.1, -0.05) is 68.2 Å². The molecule has 1 aromatic carbocycles. The number of anilines is 1. The molecule has 5 nitrogen and oxygen atoms in total. The first kappa shape index (κ1) is 22.3. The van der Waals surface area contributed by atoms with Gasteiger partial charge in [-0.15, -0.1) is 0 Å². The Kier molecular flexibility index (Phi) is 7.33. The lowest BCUT2D eigenvalue weighted by atomic mass is 9.80. The van der Waals surface area contributed by atoms with Crippen LogP contribution in [-0.2, 0) is 9.59 Å². The van der Waals surface area contributed by atoms with Gasteiger partial charge in [0.1, 0.15) is 10.9 Å². The molecule has 0 radical (unpaired) electrons. The molecule has 0 aromatic heterocycles. The maximum absolute atomic E-state index is 12.4. The predicted octanol–water partition coefficient (Wildman–Crippen LogP) is 5.16. The lowest BCUT2D eigenvalue weighted by Gasteiger charge is -2.35. The van der Waals surface area contributed by atoms with Crippen molar-refractivity contribution in [2.45, 2.75) is 51.4 Å². The third kappa shape index (κ3) is 5.69. The summed E-state index contributed by atoms with van der Waals surface area (Å²) in [6, 6.07) is 8.27. The maximum Gasteiger partial charge on any atom is 0.323 e. The zero-order chi connectivity index (χ0) is 21.8. The molecule has 2 saturated heterocycles. The van der Waals surface area contributed by atoms with E-state index in [4.69, 9.17) is 17.3 Å². The third-order valence-corrected chi connectivity index (χ3v) is 8.11. The summed E-state index contributed by atoms with van der Waals surface area (Å²) >= 11 is 6.31. The van der Waals surface area contributed by atoms with Crippen molar-refractivity contribution in [2.24, 2.45) is 11.8 Å². The molecule has 1 aliphatic carbocycles. The number of rotatable bonds is 6. The second-order valence-electron chi connectivity index (χ2n) is 8.92. The average Bonchev–Trinajstić information content (AvgIpc) is 3.02. The number of piperidine rings is 1. The maximum atomic E-state index is 12.4. The molecule has 2 aliphatic heterocycles. The van der Waals surface area contributed by atoms with Gasteiger partial charge in [0.25, 0.3) is 5.91 Å². The topological polar surface area (TPSA) is 60.9 Å². The second kappa shape index (κ2) is 10.2. The van der Waals surface area contributed by atoms with Gasteiger partial charge >= 0.3 is 5.97 Å². The molecule has 3 fully saturated rings. The van der Waals surface area contributed by atoms with Crippen LogP contribution >= 0.6 is 24.0 Å². The zero-order valence-corrected chi connectivity index (χ0v) is 19.4. The van der Waals surface area contributed by atoms with E-state index in [1.165, 1.54) is 57.1 Å². The van der Waals surface area contributed by atoms with E-state index in [1.807, 2.05) is 12.1 Å². The van der Waals surface area contributed by atoms with Crippen LogP contribution in [-0.4, -0.2) is 45.8 Å². The molecule has 166 valence electrons. The summed E-state index contributed by atoms with van der Waals surface area (Å²) in [5.41, 5.74) is 2.15. The van der Waals surface area contributed by atoms with Crippen LogP contribution in [0, 0.1) is 11.8 Å². The minimum absolute atomic E-state index is 0.298. The number of thiocarbonyl (C=S) groups is 1. The molecule has 0 atom stereocenters. The molecule has 3 aliphatic rings. The van der Waals surface area contributed by atoms with Crippen molar-refractivity contribution < 1.29 is 14.7 Å². The molecule has 1 aromatic rings. The monoisotopic (exact) mass is 458 g/mol. The molecule has 0 spiro atoms. The fraction of sp³-hybridized carbons (Fsp3) is 0.542. The fourth-order valence-corrected chi connectivity index (χ4v) is 6.28. The van der Waals surface area contributed by atoms with Gasteiger partial charge in [0.05, 0.1) is 4.91 Å². The smallest absolute Gasteiger partial charge is 0.323 e.